The lowest BCUT2D eigenvalue weighted by molar-refractivity contribution is -0.127. The highest BCUT2D eigenvalue weighted by atomic mass is 16.5. The Morgan fingerprint density at radius 3 is 2.89 bits per heavy atom. The van der Waals surface area contributed by atoms with Crippen LogP contribution in [0, 0.1) is 5.92 Å². The van der Waals surface area contributed by atoms with Crippen molar-refractivity contribution < 1.29 is 9.53 Å². The van der Waals surface area contributed by atoms with Crippen molar-refractivity contribution in [1.82, 2.24) is 10.6 Å². The standard InChI is InChI=1S/C14H26N2O2/c1-3-4-11(2)13(17)16-12-5-10-18-14(12)6-8-15-9-7-14/h11-12,15H,3-10H2,1-2H3,(H,16,17). The van der Waals surface area contributed by atoms with Crippen LogP contribution in [0.3, 0.4) is 0 Å². The third-order valence-electron chi connectivity index (χ3n) is 4.37. The van der Waals surface area contributed by atoms with Gasteiger partial charge in [0.1, 0.15) is 0 Å². The second-order valence-corrected chi connectivity index (χ2v) is 5.70. The molecule has 2 unspecified atom stereocenters. The molecule has 2 aliphatic rings. The van der Waals surface area contributed by atoms with Crippen LogP contribution in [-0.4, -0.2) is 37.2 Å². The van der Waals surface area contributed by atoms with Crippen LogP contribution in [0.5, 0.6) is 0 Å². The molecule has 0 bridgehead atoms. The first-order valence-corrected chi connectivity index (χ1v) is 7.33. The van der Waals surface area contributed by atoms with E-state index in [0.29, 0.717) is 0 Å². The lowest BCUT2D eigenvalue weighted by Gasteiger charge is -2.38. The van der Waals surface area contributed by atoms with Crippen molar-refractivity contribution in [1.29, 1.82) is 0 Å². The number of rotatable bonds is 4. The molecule has 4 nitrogen and oxygen atoms in total. The van der Waals surface area contributed by atoms with Gasteiger partial charge in [0.25, 0.3) is 0 Å². The fraction of sp³-hybridized carbons (Fsp3) is 0.929. The lowest BCUT2D eigenvalue weighted by Crippen LogP contribution is -2.55. The van der Waals surface area contributed by atoms with E-state index >= 15 is 0 Å². The first kappa shape index (κ1) is 13.8. The Kier molecular flexibility index (Phi) is 4.62. The van der Waals surface area contributed by atoms with Gasteiger partial charge in [-0.25, -0.2) is 0 Å². The largest absolute Gasteiger partial charge is 0.373 e. The van der Waals surface area contributed by atoms with Crippen LogP contribution in [0.25, 0.3) is 0 Å². The van der Waals surface area contributed by atoms with E-state index in [9.17, 15) is 4.79 Å². The molecule has 2 fully saturated rings. The minimum absolute atomic E-state index is 0.0904. The van der Waals surface area contributed by atoms with E-state index in [2.05, 4.69) is 17.6 Å². The number of hydrogen-bond donors (Lipinski definition) is 2. The minimum Gasteiger partial charge on any atom is -0.373 e. The zero-order chi connectivity index (χ0) is 13.0. The van der Waals surface area contributed by atoms with Gasteiger partial charge in [0.15, 0.2) is 0 Å². The van der Waals surface area contributed by atoms with Crippen molar-refractivity contribution in [3.05, 3.63) is 0 Å². The normalized spacial score (nSPS) is 28.2. The Labute approximate surface area is 110 Å². The summed E-state index contributed by atoms with van der Waals surface area (Å²) < 4.78 is 5.98. The van der Waals surface area contributed by atoms with Gasteiger partial charge < -0.3 is 15.4 Å². The van der Waals surface area contributed by atoms with E-state index in [1.807, 2.05) is 6.92 Å². The van der Waals surface area contributed by atoms with Gasteiger partial charge in [0.2, 0.25) is 5.91 Å². The van der Waals surface area contributed by atoms with Crippen molar-refractivity contribution in [3.8, 4) is 0 Å². The number of piperidine rings is 1. The highest BCUT2D eigenvalue weighted by molar-refractivity contribution is 5.78. The van der Waals surface area contributed by atoms with Crippen LogP contribution in [0.15, 0.2) is 0 Å². The van der Waals surface area contributed by atoms with Gasteiger partial charge in [-0.2, -0.15) is 0 Å². The molecule has 0 aliphatic carbocycles. The molecule has 0 aromatic rings. The lowest BCUT2D eigenvalue weighted by atomic mass is 9.85. The Balaban J connectivity index is 1.93. The molecule has 0 saturated carbocycles. The van der Waals surface area contributed by atoms with E-state index in [0.717, 1.165) is 51.8 Å². The molecule has 2 heterocycles. The molecule has 0 aromatic heterocycles. The highest BCUT2D eigenvalue weighted by Gasteiger charge is 2.45. The van der Waals surface area contributed by atoms with Gasteiger partial charge >= 0.3 is 0 Å². The molecule has 2 atom stereocenters. The molecule has 4 heteroatoms. The van der Waals surface area contributed by atoms with Crippen LogP contribution in [-0.2, 0) is 9.53 Å². The minimum atomic E-state index is -0.0904. The van der Waals surface area contributed by atoms with Crippen molar-refractivity contribution in [3.63, 3.8) is 0 Å². The zero-order valence-electron chi connectivity index (χ0n) is 11.6. The van der Waals surface area contributed by atoms with Crippen molar-refractivity contribution in [2.45, 2.75) is 57.6 Å². The van der Waals surface area contributed by atoms with Crippen molar-refractivity contribution >= 4 is 5.91 Å². The van der Waals surface area contributed by atoms with Gasteiger partial charge in [0.05, 0.1) is 11.6 Å². The third-order valence-corrected chi connectivity index (χ3v) is 4.37. The summed E-state index contributed by atoms with van der Waals surface area (Å²) in [5.41, 5.74) is -0.0904. The van der Waals surface area contributed by atoms with Crippen LogP contribution in [0.2, 0.25) is 0 Å². The van der Waals surface area contributed by atoms with Gasteiger partial charge in [0, 0.05) is 12.5 Å². The first-order valence-electron chi connectivity index (χ1n) is 7.33. The fourth-order valence-corrected chi connectivity index (χ4v) is 3.17. The van der Waals surface area contributed by atoms with Crippen LogP contribution < -0.4 is 10.6 Å². The Morgan fingerprint density at radius 2 is 2.22 bits per heavy atom. The average molecular weight is 254 g/mol. The summed E-state index contributed by atoms with van der Waals surface area (Å²) in [6, 6.07) is 0.214. The van der Waals surface area contributed by atoms with Crippen LogP contribution in [0.4, 0.5) is 0 Å². The number of carbonyl (C=O) groups excluding carboxylic acids is 1. The third kappa shape index (κ3) is 2.86. The second kappa shape index (κ2) is 6.02. The quantitative estimate of drug-likeness (QED) is 0.798. The van der Waals surface area contributed by atoms with E-state index in [-0.39, 0.29) is 23.5 Å². The van der Waals surface area contributed by atoms with E-state index in [4.69, 9.17) is 4.74 Å². The number of ether oxygens (including phenoxy) is 1. The summed E-state index contributed by atoms with van der Waals surface area (Å²) in [6.45, 7) is 6.92. The summed E-state index contributed by atoms with van der Waals surface area (Å²) in [5, 5.41) is 6.59. The number of amides is 1. The molecule has 1 amide bonds. The molecule has 1 spiro atoms. The smallest absolute Gasteiger partial charge is 0.223 e. The summed E-state index contributed by atoms with van der Waals surface area (Å²) in [6.07, 6.45) is 5.02. The second-order valence-electron chi connectivity index (χ2n) is 5.70. The summed E-state index contributed by atoms with van der Waals surface area (Å²) in [7, 11) is 0. The monoisotopic (exact) mass is 254 g/mol. The van der Waals surface area contributed by atoms with Gasteiger partial charge in [-0.15, -0.1) is 0 Å². The highest BCUT2D eigenvalue weighted by Crippen LogP contribution is 2.34. The topological polar surface area (TPSA) is 50.4 Å². The SMILES string of the molecule is CCCC(C)C(=O)NC1CCOC12CCNCC2. The summed E-state index contributed by atoms with van der Waals surface area (Å²) in [4.78, 5) is 12.1. The van der Waals surface area contributed by atoms with Crippen molar-refractivity contribution in [2.75, 3.05) is 19.7 Å². The van der Waals surface area contributed by atoms with Crippen molar-refractivity contribution in [2.24, 2.45) is 5.92 Å². The maximum atomic E-state index is 12.1. The Morgan fingerprint density at radius 1 is 1.50 bits per heavy atom. The Bertz CT molecular complexity index is 288. The molecule has 0 radical (unpaired) electrons. The predicted octanol–water partition coefficient (Wildman–Crippen LogP) is 1.45. The molecule has 104 valence electrons. The van der Waals surface area contributed by atoms with E-state index < -0.39 is 0 Å². The molecule has 2 N–H and O–H groups in total. The fourth-order valence-electron chi connectivity index (χ4n) is 3.17. The van der Waals surface area contributed by atoms with Gasteiger partial charge in [-0.1, -0.05) is 20.3 Å². The van der Waals surface area contributed by atoms with Gasteiger partial charge in [-0.05, 0) is 38.8 Å². The van der Waals surface area contributed by atoms with E-state index in [1.165, 1.54) is 0 Å². The van der Waals surface area contributed by atoms with Crippen LogP contribution >= 0.6 is 0 Å². The molecule has 2 rings (SSSR count). The molecule has 18 heavy (non-hydrogen) atoms. The predicted molar refractivity (Wildman–Crippen MR) is 71.4 cm³/mol. The molecule has 2 saturated heterocycles. The molecule has 0 aromatic carbocycles. The maximum absolute atomic E-state index is 12.1. The van der Waals surface area contributed by atoms with E-state index in [1.54, 1.807) is 0 Å². The molecular weight excluding hydrogens is 228 g/mol. The first-order chi connectivity index (χ1) is 8.68. The Hall–Kier alpha value is -0.610. The number of nitrogens with one attached hydrogen (secondary N) is 2. The summed E-state index contributed by atoms with van der Waals surface area (Å²) >= 11 is 0. The molecule has 2 aliphatic heterocycles. The number of carbonyl (C=O) groups is 1. The number of hydrogen-bond acceptors (Lipinski definition) is 3. The molecular formula is C14H26N2O2. The van der Waals surface area contributed by atoms with Crippen LogP contribution in [0.1, 0.15) is 46.0 Å². The maximum Gasteiger partial charge on any atom is 0.223 e. The zero-order valence-corrected chi connectivity index (χ0v) is 11.6. The van der Waals surface area contributed by atoms with Gasteiger partial charge in [-0.3, -0.25) is 4.79 Å². The average Bonchev–Trinajstić information content (AvgIpc) is 2.73. The summed E-state index contributed by atoms with van der Waals surface area (Å²) in [5.74, 6) is 0.319.